The van der Waals surface area contributed by atoms with Crippen molar-refractivity contribution in [3.63, 3.8) is 0 Å². The van der Waals surface area contributed by atoms with E-state index in [1.807, 2.05) is 13.0 Å². The number of hydrogen-bond acceptors (Lipinski definition) is 7. The van der Waals surface area contributed by atoms with Crippen LogP contribution in [0.2, 0.25) is 0 Å². The normalized spacial score (nSPS) is 14.9. The number of aryl methyl sites for hydroxylation is 1. The molecule has 0 unspecified atom stereocenters. The summed E-state index contributed by atoms with van der Waals surface area (Å²) in [5.41, 5.74) is 0.742. The maximum atomic E-state index is 12.9. The summed E-state index contributed by atoms with van der Waals surface area (Å²) in [5, 5.41) is 1.78. The fourth-order valence-electron chi connectivity index (χ4n) is 3.27. The Hall–Kier alpha value is -2.81. The second-order valence-corrected chi connectivity index (χ2v) is 8.07. The second-order valence-electron chi connectivity index (χ2n) is 7.19. The Balaban J connectivity index is 1.50. The van der Waals surface area contributed by atoms with Crippen molar-refractivity contribution < 1.29 is 4.79 Å². The van der Waals surface area contributed by atoms with Gasteiger partial charge >= 0.3 is 0 Å². The molecule has 28 heavy (non-hydrogen) atoms. The summed E-state index contributed by atoms with van der Waals surface area (Å²) < 4.78 is 1.42. The molecule has 0 bridgehead atoms. The number of fused-ring (bicyclic) bond motifs is 1. The van der Waals surface area contributed by atoms with Crippen molar-refractivity contribution in [3.05, 3.63) is 51.3 Å². The Kier molecular flexibility index (Phi) is 4.84. The van der Waals surface area contributed by atoms with Crippen LogP contribution in [0.1, 0.15) is 41.6 Å². The Morgan fingerprint density at radius 2 is 1.93 bits per heavy atom. The van der Waals surface area contributed by atoms with E-state index in [0.29, 0.717) is 31.1 Å². The number of piperazine rings is 1. The zero-order chi connectivity index (χ0) is 19.8. The SMILES string of the molecule is Cc1cc(N2CCN(C(=O)c3cnc4sccn4c3=O)CC2)nc(C(C)C)n1. The first-order chi connectivity index (χ1) is 13.4. The lowest BCUT2D eigenvalue weighted by molar-refractivity contribution is 0.0744. The number of carbonyl (C=O) groups excluding carboxylic acids is 1. The number of aromatic nitrogens is 4. The van der Waals surface area contributed by atoms with Crippen LogP contribution < -0.4 is 10.5 Å². The van der Waals surface area contributed by atoms with Crippen LogP contribution in [0.5, 0.6) is 0 Å². The standard InChI is InChI=1S/C19H22N6O2S/c1-12(2)16-21-13(3)10-15(22-16)23-4-6-24(7-5-23)17(26)14-11-20-19-25(18(14)27)8-9-28-19/h8-12H,4-7H2,1-3H3. The molecule has 1 fully saturated rings. The highest BCUT2D eigenvalue weighted by molar-refractivity contribution is 7.15. The van der Waals surface area contributed by atoms with Crippen molar-refractivity contribution in [1.29, 1.82) is 0 Å². The number of rotatable bonds is 3. The molecule has 8 nitrogen and oxygen atoms in total. The van der Waals surface area contributed by atoms with Crippen LogP contribution in [-0.2, 0) is 0 Å². The fourth-order valence-corrected chi connectivity index (χ4v) is 3.95. The number of nitrogens with zero attached hydrogens (tertiary/aromatic N) is 6. The molecule has 0 radical (unpaired) electrons. The fraction of sp³-hybridized carbons (Fsp3) is 0.421. The zero-order valence-corrected chi connectivity index (χ0v) is 16.9. The summed E-state index contributed by atoms with van der Waals surface area (Å²) in [5.74, 6) is 1.72. The summed E-state index contributed by atoms with van der Waals surface area (Å²) >= 11 is 1.37. The maximum Gasteiger partial charge on any atom is 0.271 e. The van der Waals surface area contributed by atoms with Crippen molar-refractivity contribution in [2.24, 2.45) is 0 Å². The van der Waals surface area contributed by atoms with Gasteiger partial charge in [0.1, 0.15) is 17.2 Å². The van der Waals surface area contributed by atoms with Gasteiger partial charge in [-0.25, -0.2) is 15.0 Å². The lowest BCUT2D eigenvalue weighted by Crippen LogP contribution is -2.50. The summed E-state index contributed by atoms with van der Waals surface area (Å²) in [6, 6.07) is 1.98. The van der Waals surface area contributed by atoms with Gasteiger partial charge < -0.3 is 9.80 Å². The third kappa shape index (κ3) is 3.37. The van der Waals surface area contributed by atoms with Crippen LogP contribution in [0.15, 0.2) is 28.6 Å². The van der Waals surface area contributed by atoms with Crippen LogP contribution in [-0.4, -0.2) is 56.3 Å². The molecular formula is C19H22N6O2S. The van der Waals surface area contributed by atoms with E-state index in [4.69, 9.17) is 0 Å². The van der Waals surface area contributed by atoms with Crippen molar-refractivity contribution in [1.82, 2.24) is 24.3 Å². The van der Waals surface area contributed by atoms with E-state index in [-0.39, 0.29) is 22.9 Å². The van der Waals surface area contributed by atoms with Crippen LogP contribution in [0.4, 0.5) is 5.82 Å². The molecule has 0 aromatic carbocycles. The van der Waals surface area contributed by atoms with Gasteiger partial charge in [-0.15, -0.1) is 11.3 Å². The minimum atomic E-state index is -0.313. The third-order valence-electron chi connectivity index (χ3n) is 4.84. The molecular weight excluding hydrogens is 376 g/mol. The number of carbonyl (C=O) groups is 1. The van der Waals surface area contributed by atoms with Crippen LogP contribution >= 0.6 is 11.3 Å². The quantitative estimate of drug-likeness (QED) is 0.670. The van der Waals surface area contributed by atoms with Gasteiger partial charge in [-0.3, -0.25) is 14.0 Å². The van der Waals surface area contributed by atoms with E-state index >= 15 is 0 Å². The van der Waals surface area contributed by atoms with E-state index in [1.165, 1.54) is 21.9 Å². The summed E-state index contributed by atoms with van der Waals surface area (Å²) in [4.78, 5) is 43.3. The predicted molar refractivity (Wildman–Crippen MR) is 108 cm³/mol. The maximum absolute atomic E-state index is 12.9. The molecule has 0 spiro atoms. The van der Waals surface area contributed by atoms with E-state index in [1.54, 1.807) is 16.5 Å². The highest BCUT2D eigenvalue weighted by Crippen LogP contribution is 2.19. The summed E-state index contributed by atoms with van der Waals surface area (Å²) in [7, 11) is 0. The molecule has 4 heterocycles. The Labute approximate surface area is 166 Å². The average Bonchev–Trinajstić information content (AvgIpc) is 3.17. The first-order valence-corrected chi connectivity index (χ1v) is 10.2. The Bertz CT molecular complexity index is 1080. The molecule has 4 rings (SSSR count). The Morgan fingerprint density at radius 3 is 2.64 bits per heavy atom. The smallest absolute Gasteiger partial charge is 0.271 e. The molecule has 0 atom stereocenters. The van der Waals surface area contributed by atoms with Crippen molar-refractivity contribution in [2.75, 3.05) is 31.1 Å². The molecule has 1 amide bonds. The molecule has 1 saturated heterocycles. The van der Waals surface area contributed by atoms with Crippen molar-refractivity contribution in [3.8, 4) is 0 Å². The van der Waals surface area contributed by atoms with Crippen molar-refractivity contribution in [2.45, 2.75) is 26.7 Å². The first kappa shape index (κ1) is 18.5. The van der Waals surface area contributed by atoms with Crippen LogP contribution in [0.3, 0.4) is 0 Å². The molecule has 1 aliphatic rings. The number of amides is 1. The molecule has 0 N–H and O–H groups in total. The van der Waals surface area contributed by atoms with E-state index in [9.17, 15) is 9.59 Å². The highest BCUT2D eigenvalue weighted by atomic mass is 32.1. The highest BCUT2D eigenvalue weighted by Gasteiger charge is 2.26. The largest absolute Gasteiger partial charge is 0.353 e. The molecule has 3 aromatic rings. The molecule has 3 aromatic heterocycles. The number of hydrogen-bond donors (Lipinski definition) is 0. The molecule has 0 aliphatic carbocycles. The molecule has 1 aliphatic heterocycles. The third-order valence-corrected chi connectivity index (χ3v) is 5.61. The van der Waals surface area contributed by atoms with Gasteiger partial charge in [0.05, 0.1) is 0 Å². The van der Waals surface area contributed by atoms with E-state index in [2.05, 4.69) is 33.7 Å². The molecule has 9 heteroatoms. The van der Waals surface area contributed by atoms with Crippen molar-refractivity contribution >= 4 is 28.0 Å². The van der Waals surface area contributed by atoms with Gasteiger partial charge in [-0.05, 0) is 6.92 Å². The Morgan fingerprint density at radius 1 is 1.18 bits per heavy atom. The molecule has 146 valence electrons. The second kappa shape index (κ2) is 7.31. The first-order valence-electron chi connectivity index (χ1n) is 9.28. The minimum absolute atomic E-state index is 0.115. The zero-order valence-electron chi connectivity index (χ0n) is 16.1. The van der Waals surface area contributed by atoms with Gasteiger partial charge in [0, 0.05) is 61.6 Å². The van der Waals surface area contributed by atoms with Crippen LogP contribution in [0, 0.1) is 6.92 Å². The van der Waals surface area contributed by atoms with Gasteiger partial charge in [-0.1, -0.05) is 13.8 Å². The topological polar surface area (TPSA) is 83.7 Å². The van der Waals surface area contributed by atoms with Gasteiger partial charge in [0.15, 0.2) is 4.96 Å². The van der Waals surface area contributed by atoms with Gasteiger partial charge in [-0.2, -0.15) is 0 Å². The van der Waals surface area contributed by atoms with Crippen LogP contribution in [0.25, 0.3) is 4.96 Å². The number of anilines is 1. The predicted octanol–water partition coefficient (Wildman–Crippen LogP) is 1.94. The van der Waals surface area contributed by atoms with Gasteiger partial charge in [0.2, 0.25) is 0 Å². The number of thiazole rings is 1. The minimum Gasteiger partial charge on any atom is -0.353 e. The monoisotopic (exact) mass is 398 g/mol. The lowest BCUT2D eigenvalue weighted by Gasteiger charge is -2.35. The van der Waals surface area contributed by atoms with E-state index in [0.717, 1.165) is 17.3 Å². The average molecular weight is 398 g/mol. The van der Waals surface area contributed by atoms with Gasteiger partial charge in [0.25, 0.3) is 11.5 Å². The summed E-state index contributed by atoms with van der Waals surface area (Å²) in [6.07, 6.45) is 3.04. The molecule has 0 saturated carbocycles. The van der Waals surface area contributed by atoms with E-state index < -0.39 is 0 Å². The lowest BCUT2D eigenvalue weighted by atomic mass is 10.2. The summed E-state index contributed by atoms with van der Waals surface area (Å²) in [6.45, 7) is 8.51.